The monoisotopic (exact) mass is 418 g/mol. The predicted molar refractivity (Wildman–Crippen MR) is 118 cm³/mol. The molecular weight excluding hydrogens is 388 g/mol. The Labute approximate surface area is 174 Å². The van der Waals surface area contributed by atoms with Crippen LogP contribution in [0.15, 0.2) is 15.7 Å². The van der Waals surface area contributed by atoms with Crippen LogP contribution in [0.3, 0.4) is 0 Å². The molecule has 0 fully saturated rings. The minimum atomic E-state index is -0.606. The molecule has 1 amide bonds. The highest BCUT2D eigenvalue weighted by atomic mass is 32.1. The van der Waals surface area contributed by atoms with E-state index in [2.05, 4.69) is 4.98 Å². The van der Waals surface area contributed by atoms with Crippen molar-refractivity contribution in [1.29, 1.82) is 0 Å². The van der Waals surface area contributed by atoms with Gasteiger partial charge in [0.2, 0.25) is 0 Å². The zero-order valence-corrected chi connectivity index (χ0v) is 18.1. The number of H-pyrrole nitrogens is 1. The molecule has 2 aromatic rings. The molecule has 0 aliphatic heterocycles. The summed E-state index contributed by atoms with van der Waals surface area (Å²) in [5, 5.41) is 0. The van der Waals surface area contributed by atoms with Crippen LogP contribution in [0.1, 0.15) is 72.5 Å². The molecule has 1 aliphatic rings. The van der Waals surface area contributed by atoms with E-state index in [1.807, 2.05) is 19.9 Å². The van der Waals surface area contributed by atoms with E-state index in [4.69, 9.17) is 5.73 Å². The third-order valence-corrected chi connectivity index (χ3v) is 6.63. The number of amides is 1. The van der Waals surface area contributed by atoms with Gasteiger partial charge in [0.25, 0.3) is 11.5 Å². The van der Waals surface area contributed by atoms with Crippen LogP contribution in [0, 0.1) is 0 Å². The molecule has 3 N–H and O–H groups in total. The minimum absolute atomic E-state index is 0.0676. The van der Waals surface area contributed by atoms with Crippen molar-refractivity contribution in [2.24, 2.45) is 0 Å². The van der Waals surface area contributed by atoms with Gasteiger partial charge in [-0.2, -0.15) is 0 Å². The summed E-state index contributed by atoms with van der Waals surface area (Å²) in [4.78, 5) is 44.1. The SMILES string of the molecule is CCCCN(C(=O)c1cc2c(s1)CCCC2)c1c(N)n(CCCC)c(=O)[nH]c1=O. The van der Waals surface area contributed by atoms with Gasteiger partial charge < -0.3 is 5.73 Å². The maximum Gasteiger partial charge on any atom is 0.330 e. The Bertz CT molecular complexity index is 965. The molecule has 8 heteroatoms. The molecule has 2 heterocycles. The molecule has 0 aromatic carbocycles. The zero-order valence-electron chi connectivity index (χ0n) is 17.3. The highest BCUT2D eigenvalue weighted by molar-refractivity contribution is 7.14. The fourth-order valence-corrected chi connectivity index (χ4v) is 4.94. The molecule has 0 spiro atoms. The number of aromatic amines is 1. The quantitative estimate of drug-likeness (QED) is 0.687. The Morgan fingerprint density at radius 3 is 2.62 bits per heavy atom. The Balaban J connectivity index is 2.04. The number of nitrogens with one attached hydrogen (secondary N) is 1. The summed E-state index contributed by atoms with van der Waals surface area (Å²) in [6.07, 6.45) is 7.56. The third-order valence-electron chi connectivity index (χ3n) is 5.41. The molecule has 0 saturated heterocycles. The van der Waals surface area contributed by atoms with Crippen molar-refractivity contribution in [2.75, 3.05) is 17.2 Å². The first-order valence-electron chi connectivity index (χ1n) is 10.5. The van der Waals surface area contributed by atoms with Gasteiger partial charge in [-0.1, -0.05) is 26.7 Å². The van der Waals surface area contributed by atoms with Crippen LogP contribution in [-0.2, 0) is 19.4 Å². The summed E-state index contributed by atoms with van der Waals surface area (Å²) in [6.45, 7) is 4.84. The third kappa shape index (κ3) is 4.47. The number of anilines is 2. The molecule has 0 radical (unpaired) electrons. The second kappa shape index (κ2) is 9.43. The number of thiophene rings is 1. The predicted octanol–water partition coefficient (Wildman–Crippen LogP) is 3.31. The van der Waals surface area contributed by atoms with Crippen molar-refractivity contribution in [1.82, 2.24) is 9.55 Å². The molecule has 29 heavy (non-hydrogen) atoms. The molecule has 7 nitrogen and oxygen atoms in total. The number of unbranched alkanes of at least 4 members (excludes halogenated alkanes) is 2. The Hall–Kier alpha value is -2.35. The summed E-state index contributed by atoms with van der Waals surface area (Å²) in [6, 6.07) is 1.97. The molecule has 158 valence electrons. The molecule has 0 saturated carbocycles. The first kappa shape index (κ1) is 21.4. The summed E-state index contributed by atoms with van der Waals surface area (Å²) in [5.41, 5.74) is 6.46. The molecule has 3 rings (SSSR count). The Kier molecular flexibility index (Phi) is 6.95. The number of nitrogen functional groups attached to an aromatic ring is 1. The lowest BCUT2D eigenvalue weighted by Crippen LogP contribution is -2.41. The van der Waals surface area contributed by atoms with Crippen LogP contribution >= 0.6 is 11.3 Å². The number of nitrogens with zero attached hydrogens (tertiary/aromatic N) is 2. The zero-order chi connectivity index (χ0) is 21.0. The first-order valence-corrected chi connectivity index (χ1v) is 11.4. The van der Waals surface area contributed by atoms with Gasteiger partial charge in [0.15, 0.2) is 5.69 Å². The number of hydrogen-bond donors (Lipinski definition) is 2. The first-order chi connectivity index (χ1) is 14.0. The largest absolute Gasteiger partial charge is 0.383 e. The van der Waals surface area contributed by atoms with Crippen molar-refractivity contribution < 1.29 is 4.79 Å². The van der Waals surface area contributed by atoms with Gasteiger partial charge in [-0.05, 0) is 50.2 Å². The van der Waals surface area contributed by atoms with Gasteiger partial charge in [-0.15, -0.1) is 11.3 Å². The lowest BCUT2D eigenvalue weighted by atomic mass is 9.99. The minimum Gasteiger partial charge on any atom is -0.383 e. The average Bonchev–Trinajstić information content (AvgIpc) is 3.14. The smallest absolute Gasteiger partial charge is 0.330 e. The maximum atomic E-state index is 13.4. The molecule has 1 aliphatic carbocycles. The van der Waals surface area contributed by atoms with Gasteiger partial charge >= 0.3 is 5.69 Å². The van der Waals surface area contributed by atoms with E-state index in [0.717, 1.165) is 51.4 Å². The van der Waals surface area contributed by atoms with Crippen molar-refractivity contribution in [3.63, 3.8) is 0 Å². The number of carbonyl (C=O) groups is 1. The number of aryl methyl sites for hydroxylation is 2. The van der Waals surface area contributed by atoms with Crippen LogP contribution in [0.2, 0.25) is 0 Å². The summed E-state index contributed by atoms with van der Waals surface area (Å²) in [5.74, 6) is -0.145. The van der Waals surface area contributed by atoms with Gasteiger partial charge in [0.1, 0.15) is 5.82 Å². The van der Waals surface area contributed by atoms with Gasteiger partial charge in [-0.3, -0.25) is 24.0 Å². The maximum absolute atomic E-state index is 13.4. The molecule has 0 atom stereocenters. The standard InChI is InChI=1S/C21H30N4O3S/c1-3-5-11-24(20(27)16-13-14-9-7-8-10-15(14)29-16)17-18(22)25(12-6-4-2)21(28)23-19(17)26/h13H,3-12,22H2,1-2H3,(H,23,26,28). The number of hydrogen-bond acceptors (Lipinski definition) is 5. The average molecular weight is 419 g/mol. The fourth-order valence-electron chi connectivity index (χ4n) is 3.74. The van der Waals surface area contributed by atoms with Crippen molar-refractivity contribution in [3.8, 4) is 0 Å². The van der Waals surface area contributed by atoms with Crippen LogP contribution in [0.25, 0.3) is 0 Å². The lowest BCUT2D eigenvalue weighted by Gasteiger charge is -2.24. The number of carbonyl (C=O) groups excluding carboxylic acids is 1. The Morgan fingerprint density at radius 2 is 1.93 bits per heavy atom. The van der Waals surface area contributed by atoms with E-state index in [-0.39, 0.29) is 17.4 Å². The molecule has 0 bridgehead atoms. The van der Waals surface area contributed by atoms with E-state index < -0.39 is 11.2 Å². The summed E-state index contributed by atoms with van der Waals surface area (Å²) < 4.78 is 1.37. The number of fused-ring (bicyclic) bond motifs is 1. The van der Waals surface area contributed by atoms with E-state index in [1.54, 1.807) is 0 Å². The second-order valence-corrected chi connectivity index (χ2v) is 8.71. The molecular formula is C21H30N4O3S. The van der Waals surface area contributed by atoms with E-state index in [0.29, 0.717) is 18.0 Å². The van der Waals surface area contributed by atoms with Crippen molar-refractivity contribution in [2.45, 2.75) is 71.8 Å². The second-order valence-electron chi connectivity index (χ2n) is 7.57. The molecule has 2 aromatic heterocycles. The number of rotatable bonds is 8. The van der Waals surface area contributed by atoms with Crippen LogP contribution in [0.4, 0.5) is 11.5 Å². The van der Waals surface area contributed by atoms with E-state index in [9.17, 15) is 14.4 Å². The van der Waals surface area contributed by atoms with Crippen molar-refractivity contribution >= 4 is 28.7 Å². The van der Waals surface area contributed by atoms with Gasteiger partial charge in [0.05, 0.1) is 4.88 Å². The van der Waals surface area contributed by atoms with Crippen LogP contribution in [-0.4, -0.2) is 22.0 Å². The lowest BCUT2D eigenvalue weighted by molar-refractivity contribution is 0.0990. The number of aromatic nitrogens is 2. The topological polar surface area (TPSA) is 101 Å². The van der Waals surface area contributed by atoms with Crippen molar-refractivity contribution in [3.05, 3.63) is 42.2 Å². The summed E-state index contributed by atoms with van der Waals surface area (Å²) >= 11 is 1.52. The number of nitrogens with two attached hydrogens (primary N) is 1. The van der Waals surface area contributed by atoms with Gasteiger partial charge in [0, 0.05) is 18.0 Å². The van der Waals surface area contributed by atoms with Crippen LogP contribution < -0.4 is 21.9 Å². The highest BCUT2D eigenvalue weighted by Crippen LogP contribution is 2.31. The summed E-state index contributed by atoms with van der Waals surface area (Å²) in [7, 11) is 0. The van der Waals surface area contributed by atoms with E-state index >= 15 is 0 Å². The molecule has 0 unspecified atom stereocenters. The van der Waals surface area contributed by atoms with Crippen LogP contribution in [0.5, 0.6) is 0 Å². The van der Waals surface area contributed by atoms with E-state index in [1.165, 1.54) is 31.2 Å². The fraction of sp³-hybridized carbons (Fsp3) is 0.571. The Morgan fingerprint density at radius 1 is 1.21 bits per heavy atom. The normalized spacial score (nSPS) is 13.3. The highest BCUT2D eigenvalue weighted by Gasteiger charge is 2.27. The van der Waals surface area contributed by atoms with Gasteiger partial charge in [-0.25, -0.2) is 4.79 Å².